The van der Waals surface area contributed by atoms with Gasteiger partial charge in [-0.1, -0.05) is 53.9 Å². The summed E-state index contributed by atoms with van der Waals surface area (Å²) in [6.07, 6.45) is 2.77. The first-order chi connectivity index (χ1) is 8.52. The number of halogens is 2. The topological polar surface area (TPSA) is 29.1 Å². The quantitative estimate of drug-likeness (QED) is 0.796. The van der Waals surface area contributed by atoms with Crippen LogP contribution in [0, 0.1) is 5.92 Å². The molecule has 0 aromatic heterocycles. The van der Waals surface area contributed by atoms with Gasteiger partial charge in [-0.2, -0.15) is 0 Å². The highest BCUT2D eigenvalue weighted by Gasteiger charge is 2.24. The number of alkyl halides is 1. The fourth-order valence-electron chi connectivity index (χ4n) is 2.39. The number of anilines is 1. The van der Waals surface area contributed by atoms with Gasteiger partial charge in [-0.05, 0) is 29.5 Å². The van der Waals surface area contributed by atoms with Gasteiger partial charge >= 0.3 is 0 Å². The molecule has 1 heterocycles. The van der Waals surface area contributed by atoms with E-state index >= 15 is 0 Å². The zero-order valence-electron chi connectivity index (χ0n) is 10.6. The molecule has 1 aromatic rings. The summed E-state index contributed by atoms with van der Waals surface area (Å²) < 4.78 is 0. The average molecular weight is 331 g/mol. The fraction of sp³-hybridized carbons (Fsp3) is 0.500. The zero-order chi connectivity index (χ0) is 13.3. The SMILES string of the molecule is CCCC(C)C(Br)c1cc2c(cc1Cl)NC(=O)C2. The molecular formula is C14H17BrClNO. The van der Waals surface area contributed by atoms with Crippen molar-refractivity contribution in [3.05, 3.63) is 28.3 Å². The lowest BCUT2D eigenvalue weighted by Crippen LogP contribution is -2.04. The molecule has 2 atom stereocenters. The minimum Gasteiger partial charge on any atom is -0.325 e. The van der Waals surface area contributed by atoms with Crippen molar-refractivity contribution in [3.63, 3.8) is 0 Å². The zero-order valence-corrected chi connectivity index (χ0v) is 12.9. The second-order valence-corrected chi connectivity index (χ2v) is 6.32. The second kappa shape index (κ2) is 5.62. The third-order valence-electron chi connectivity index (χ3n) is 3.39. The van der Waals surface area contributed by atoms with E-state index in [4.69, 9.17) is 11.6 Å². The van der Waals surface area contributed by atoms with Crippen molar-refractivity contribution in [1.29, 1.82) is 0 Å². The Kier molecular flexibility index (Phi) is 4.33. The van der Waals surface area contributed by atoms with E-state index in [2.05, 4.69) is 41.2 Å². The highest BCUT2D eigenvalue weighted by atomic mass is 79.9. The molecule has 2 nitrogen and oxygen atoms in total. The molecule has 1 aliphatic heterocycles. The van der Waals surface area contributed by atoms with E-state index in [1.54, 1.807) is 0 Å². The van der Waals surface area contributed by atoms with E-state index < -0.39 is 0 Å². The number of carbonyl (C=O) groups is 1. The lowest BCUT2D eigenvalue weighted by Gasteiger charge is -2.20. The van der Waals surface area contributed by atoms with Gasteiger partial charge in [-0.3, -0.25) is 4.79 Å². The van der Waals surface area contributed by atoms with Gasteiger partial charge in [0, 0.05) is 15.5 Å². The number of benzene rings is 1. The van der Waals surface area contributed by atoms with Crippen molar-refractivity contribution in [1.82, 2.24) is 0 Å². The maximum absolute atomic E-state index is 11.4. The molecule has 0 saturated heterocycles. The van der Waals surface area contributed by atoms with Crippen LogP contribution in [0.4, 0.5) is 5.69 Å². The number of hydrogen-bond donors (Lipinski definition) is 1. The van der Waals surface area contributed by atoms with E-state index in [0.717, 1.165) is 34.7 Å². The largest absolute Gasteiger partial charge is 0.325 e. The molecule has 0 aliphatic carbocycles. The van der Waals surface area contributed by atoms with Crippen molar-refractivity contribution < 1.29 is 4.79 Å². The third kappa shape index (κ3) is 2.72. The number of carbonyl (C=O) groups excluding carboxylic acids is 1. The van der Waals surface area contributed by atoms with Gasteiger partial charge in [0.05, 0.1) is 6.42 Å². The van der Waals surface area contributed by atoms with E-state index in [1.807, 2.05) is 6.07 Å². The summed E-state index contributed by atoms with van der Waals surface area (Å²) in [6.45, 7) is 4.40. The fourth-order valence-corrected chi connectivity index (χ4v) is 3.44. The van der Waals surface area contributed by atoms with Crippen LogP contribution in [-0.4, -0.2) is 5.91 Å². The minimum absolute atomic E-state index is 0.0472. The predicted octanol–water partition coefficient (Wildman–Crippen LogP) is 4.71. The smallest absolute Gasteiger partial charge is 0.228 e. The monoisotopic (exact) mass is 329 g/mol. The third-order valence-corrected chi connectivity index (χ3v) is 5.11. The molecule has 1 amide bonds. The molecule has 4 heteroatoms. The van der Waals surface area contributed by atoms with Gasteiger partial charge in [0.2, 0.25) is 5.91 Å². The molecule has 18 heavy (non-hydrogen) atoms. The predicted molar refractivity (Wildman–Crippen MR) is 79.5 cm³/mol. The number of fused-ring (bicyclic) bond motifs is 1. The van der Waals surface area contributed by atoms with Crippen LogP contribution in [0.15, 0.2) is 12.1 Å². The van der Waals surface area contributed by atoms with E-state index in [9.17, 15) is 4.79 Å². The summed E-state index contributed by atoms with van der Waals surface area (Å²) >= 11 is 10.1. The lowest BCUT2D eigenvalue weighted by molar-refractivity contribution is -0.115. The van der Waals surface area contributed by atoms with Crippen LogP contribution >= 0.6 is 27.5 Å². The Bertz CT molecular complexity index is 475. The molecular weight excluding hydrogens is 314 g/mol. The van der Waals surface area contributed by atoms with Gasteiger partial charge in [0.15, 0.2) is 0 Å². The molecule has 1 N–H and O–H groups in total. The van der Waals surface area contributed by atoms with Gasteiger partial charge in [0.25, 0.3) is 0 Å². The van der Waals surface area contributed by atoms with Gasteiger partial charge in [0.1, 0.15) is 0 Å². The van der Waals surface area contributed by atoms with Crippen LogP contribution in [0.2, 0.25) is 5.02 Å². The maximum atomic E-state index is 11.4. The van der Waals surface area contributed by atoms with Crippen LogP contribution < -0.4 is 5.32 Å². The Morgan fingerprint density at radius 3 is 2.89 bits per heavy atom. The van der Waals surface area contributed by atoms with Crippen LogP contribution in [0.5, 0.6) is 0 Å². The van der Waals surface area contributed by atoms with Crippen molar-refractivity contribution in [2.45, 2.75) is 37.9 Å². The Morgan fingerprint density at radius 1 is 1.50 bits per heavy atom. The number of amides is 1. The minimum atomic E-state index is 0.0472. The first kappa shape index (κ1) is 13.9. The van der Waals surface area contributed by atoms with E-state index in [0.29, 0.717) is 12.3 Å². The van der Waals surface area contributed by atoms with Gasteiger partial charge in [-0.25, -0.2) is 0 Å². The Hall–Kier alpha value is -0.540. The van der Waals surface area contributed by atoms with Crippen molar-refractivity contribution in [3.8, 4) is 0 Å². The average Bonchev–Trinajstić information content (AvgIpc) is 2.66. The first-order valence-corrected chi connectivity index (χ1v) is 7.58. The van der Waals surface area contributed by atoms with Crippen LogP contribution in [0.3, 0.4) is 0 Å². The summed E-state index contributed by atoms with van der Waals surface area (Å²) in [5.41, 5.74) is 3.00. The standard InChI is InChI=1S/C14H17BrClNO/c1-3-4-8(2)14(15)10-5-9-6-13(18)17-12(9)7-11(10)16/h5,7-8,14H,3-4,6H2,1-2H3,(H,17,18). The Balaban J connectivity index is 2.29. The maximum Gasteiger partial charge on any atom is 0.228 e. The van der Waals surface area contributed by atoms with Crippen LogP contribution in [0.1, 0.15) is 42.6 Å². The van der Waals surface area contributed by atoms with Crippen molar-refractivity contribution in [2.24, 2.45) is 5.92 Å². The van der Waals surface area contributed by atoms with Crippen molar-refractivity contribution in [2.75, 3.05) is 5.32 Å². The van der Waals surface area contributed by atoms with Gasteiger partial charge < -0.3 is 5.32 Å². The molecule has 0 saturated carbocycles. The molecule has 1 aromatic carbocycles. The molecule has 0 bridgehead atoms. The number of rotatable bonds is 4. The molecule has 0 fully saturated rings. The normalized spacial score (nSPS) is 17.2. The first-order valence-electron chi connectivity index (χ1n) is 6.29. The molecule has 2 rings (SSSR count). The number of hydrogen-bond acceptors (Lipinski definition) is 1. The summed E-state index contributed by atoms with van der Waals surface area (Å²) in [5, 5.41) is 3.54. The molecule has 98 valence electrons. The van der Waals surface area contributed by atoms with E-state index in [1.165, 1.54) is 0 Å². The Labute approximate surface area is 121 Å². The highest BCUT2D eigenvalue weighted by Crippen LogP contribution is 2.40. The van der Waals surface area contributed by atoms with E-state index in [-0.39, 0.29) is 10.7 Å². The Morgan fingerprint density at radius 2 is 2.22 bits per heavy atom. The second-order valence-electron chi connectivity index (χ2n) is 4.92. The lowest BCUT2D eigenvalue weighted by atomic mass is 9.95. The molecule has 2 unspecified atom stereocenters. The van der Waals surface area contributed by atoms with Gasteiger partial charge in [-0.15, -0.1) is 0 Å². The summed E-state index contributed by atoms with van der Waals surface area (Å²) in [7, 11) is 0. The van der Waals surface area contributed by atoms with Crippen LogP contribution in [0.25, 0.3) is 0 Å². The molecule has 0 radical (unpaired) electrons. The summed E-state index contributed by atoms with van der Waals surface area (Å²) in [6, 6.07) is 3.92. The molecule has 0 spiro atoms. The summed E-state index contributed by atoms with van der Waals surface area (Å²) in [4.78, 5) is 11.6. The van der Waals surface area contributed by atoms with Crippen molar-refractivity contribution >= 4 is 39.1 Å². The highest BCUT2D eigenvalue weighted by molar-refractivity contribution is 9.09. The summed E-state index contributed by atoms with van der Waals surface area (Å²) in [5.74, 6) is 0.571. The number of nitrogens with one attached hydrogen (secondary N) is 1. The van der Waals surface area contributed by atoms with Crippen LogP contribution in [-0.2, 0) is 11.2 Å². The molecule has 1 aliphatic rings.